The minimum Gasteiger partial charge on any atom is -0.399 e. The van der Waals surface area contributed by atoms with Gasteiger partial charge in [0, 0.05) is 16.7 Å². The van der Waals surface area contributed by atoms with Gasteiger partial charge in [-0.05, 0) is 59.9 Å². The normalized spacial score (nSPS) is 15.3. The molecule has 1 fully saturated rings. The quantitative estimate of drug-likeness (QED) is 0.818. The maximum absolute atomic E-state index is 11.9. The first-order valence-corrected chi connectivity index (χ1v) is 7.37. The fourth-order valence-electron chi connectivity index (χ4n) is 2.25. The molecular formula is C14H20BrN3O. The van der Waals surface area contributed by atoms with Crippen molar-refractivity contribution in [2.24, 2.45) is 5.92 Å². The van der Waals surface area contributed by atoms with Gasteiger partial charge in [0.1, 0.15) is 0 Å². The Morgan fingerprint density at radius 2 is 2.26 bits per heavy atom. The number of carbonyl (C=O) groups excluding carboxylic acids is 1. The van der Waals surface area contributed by atoms with Gasteiger partial charge in [0.15, 0.2) is 0 Å². The van der Waals surface area contributed by atoms with Gasteiger partial charge >= 0.3 is 0 Å². The van der Waals surface area contributed by atoms with E-state index in [2.05, 4.69) is 26.1 Å². The van der Waals surface area contributed by atoms with Crippen LogP contribution in [0.3, 0.4) is 0 Å². The number of carbonyl (C=O) groups is 1. The SMILES string of the molecule is CN(CC(=O)Nc1ccc(N)cc1Br)CC1CCC1. The third kappa shape index (κ3) is 4.21. The second kappa shape index (κ2) is 6.39. The first kappa shape index (κ1) is 14.3. The summed E-state index contributed by atoms with van der Waals surface area (Å²) in [6.07, 6.45) is 3.94. The summed E-state index contributed by atoms with van der Waals surface area (Å²) in [5, 5.41) is 2.89. The molecule has 0 aliphatic heterocycles. The zero-order chi connectivity index (χ0) is 13.8. The second-order valence-corrected chi connectivity index (χ2v) is 6.14. The number of benzene rings is 1. The van der Waals surface area contributed by atoms with Gasteiger partial charge < -0.3 is 11.1 Å². The van der Waals surface area contributed by atoms with Crippen LogP contribution < -0.4 is 11.1 Å². The molecule has 0 atom stereocenters. The number of anilines is 2. The Labute approximate surface area is 122 Å². The minimum atomic E-state index is 0.00675. The number of likely N-dealkylation sites (N-methyl/N-ethyl adjacent to an activating group) is 1. The van der Waals surface area contributed by atoms with Crippen LogP contribution in [0, 0.1) is 5.92 Å². The highest BCUT2D eigenvalue weighted by Gasteiger charge is 2.20. The molecule has 19 heavy (non-hydrogen) atoms. The third-order valence-corrected chi connectivity index (χ3v) is 4.13. The molecule has 0 bridgehead atoms. The highest BCUT2D eigenvalue weighted by atomic mass is 79.9. The van der Waals surface area contributed by atoms with E-state index in [-0.39, 0.29) is 5.91 Å². The Balaban J connectivity index is 1.82. The fourth-order valence-corrected chi connectivity index (χ4v) is 2.74. The van der Waals surface area contributed by atoms with Crippen molar-refractivity contribution in [2.75, 3.05) is 31.2 Å². The Morgan fingerprint density at radius 1 is 1.53 bits per heavy atom. The largest absolute Gasteiger partial charge is 0.399 e. The van der Waals surface area contributed by atoms with Crippen LogP contribution in [0.15, 0.2) is 22.7 Å². The van der Waals surface area contributed by atoms with Gasteiger partial charge in [0.05, 0.1) is 12.2 Å². The van der Waals surface area contributed by atoms with Crippen LogP contribution in [0.5, 0.6) is 0 Å². The van der Waals surface area contributed by atoms with Crippen LogP contribution in [-0.2, 0) is 4.79 Å². The molecule has 0 saturated heterocycles. The molecule has 0 heterocycles. The van der Waals surface area contributed by atoms with Crippen molar-refractivity contribution < 1.29 is 4.79 Å². The van der Waals surface area contributed by atoms with Crippen LogP contribution in [0.25, 0.3) is 0 Å². The molecule has 4 nitrogen and oxygen atoms in total. The molecule has 1 saturated carbocycles. The van der Waals surface area contributed by atoms with Crippen LogP contribution in [0.2, 0.25) is 0 Å². The molecule has 0 spiro atoms. The topological polar surface area (TPSA) is 58.4 Å². The maximum atomic E-state index is 11.9. The molecule has 3 N–H and O–H groups in total. The summed E-state index contributed by atoms with van der Waals surface area (Å²) in [5.41, 5.74) is 7.10. The highest BCUT2D eigenvalue weighted by Crippen LogP contribution is 2.27. The predicted molar refractivity (Wildman–Crippen MR) is 82.0 cm³/mol. The lowest BCUT2D eigenvalue weighted by molar-refractivity contribution is -0.117. The molecule has 5 heteroatoms. The number of halogens is 1. The molecule has 2 rings (SSSR count). The van der Waals surface area contributed by atoms with Crippen LogP contribution in [0.4, 0.5) is 11.4 Å². The van der Waals surface area contributed by atoms with E-state index in [1.165, 1.54) is 19.3 Å². The maximum Gasteiger partial charge on any atom is 0.238 e. The minimum absolute atomic E-state index is 0.00675. The lowest BCUT2D eigenvalue weighted by atomic mass is 9.85. The second-order valence-electron chi connectivity index (χ2n) is 5.28. The highest BCUT2D eigenvalue weighted by molar-refractivity contribution is 9.10. The van der Waals surface area contributed by atoms with E-state index >= 15 is 0 Å². The molecule has 0 unspecified atom stereocenters. The van der Waals surface area contributed by atoms with Crippen molar-refractivity contribution in [3.63, 3.8) is 0 Å². The lowest BCUT2D eigenvalue weighted by Crippen LogP contribution is -2.35. The van der Waals surface area contributed by atoms with Crippen LogP contribution in [0.1, 0.15) is 19.3 Å². The van der Waals surface area contributed by atoms with Gasteiger partial charge in [-0.2, -0.15) is 0 Å². The van der Waals surface area contributed by atoms with E-state index in [1.807, 2.05) is 13.1 Å². The van der Waals surface area contributed by atoms with Crippen molar-refractivity contribution in [2.45, 2.75) is 19.3 Å². The Hall–Kier alpha value is -1.07. The number of hydrogen-bond acceptors (Lipinski definition) is 3. The monoisotopic (exact) mass is 325 g/mol. The van der Waals surface area contributed by atoms with Crippen LogP contribution >= 0.6 is 15.9 Å². The number of nitrogen functional groups attached to an aromatic ring is 1. The Morgan fingerprint density at radius 3 is 2.84 bits per heavy atom. The molecule has 1 aromatic rings. The molecule has 0 aromatic heterocycles. The summed E-state index contributed by atoms with van der Waals surface area (Å²) in [4.78, 5) is 14.0. The molecular weight excluding hydrogens is 306 g/mol. The first-order chi connectivity index (χ1) is 9.04. The average molecular weight is 326 g/mol. The molecule has 1 amide bonds. The molecule has 1 aliphatic carbocycles. The fraction of sp³-hybridized carbons (Fsp3) is 0.500. The van der Waals surface area contributed by atoms with Crippen molar-refractivity contribution >= 4 is 33.2 Å². The standard InChI is InChI=1S/C14H20BrN3O/c1-18(8-10-3-2-4-10)9-14(19)17-13-6-5-11(16)7-12(13)15/h5-7,10H,2-4,8-9,16H2,1H3,(H,17,19). The van der Waals surface area contributed by atoms with Gasteiger partial charge in [0.2, 0.25) is 5.91 Å². The van der Waals surface area contributed by atoms with Gasteiger partial charge in [-0.15, -0.1) is 0 Å². The number of rotatable bonds is 5. The molecule has 0 radical (unpaired) electrons. The van der Waals surface area contributed by atoms with Crippen molar-refractivity contribution in [3.8, 4) is 0 Å². The van der Waals surface area contributed by atoms with E-state index in [4.69, 9.17) is 5.73 Å². The van der Waals surface area contributed by atoms with E-state index in [9.17, 15) is 4.79 Å². The number of nitrogens with one attached hydrogen (secondary N) is 1. The van der Waals surface area contributed by atoms with Crippen molar-refractivity contribution in [1.29, 1.82) is 0 Å². The number of nitrogens with two attached hydrogens (primary N) is 1. The van der Waals surface area contributed by atoms with Gasteiger partial charge in [-0.1, -0.05) is 6.42 Å². The molecule has 1 aromatic carbocycles. The summed E-state index contributed by atoms with van der Waals surface area (Å²) >= 11 is 3.39. The molecule has 104 valence electrons. The van der Waals surface area contributed by atoms with E-state index in [0.717, 1.165) is 22.6 Å². The Bertz CT molecular complexity index is 460. The predicted octanol–water partition coefficient (Wildman–Crippen LogP) is 2.70. The van der Waals surface area contributed by atoms with Gasteiger partial charge in [-0.25, -0.2) is 0 Å². The number of nitrogens with zero attached hydrogens (tertiary/aromatic N) is 1. The van der Waals surface area contributed by atoms with E-state index in [0.29, 0.717) is 12.2 Å². The zero-order valence-electron chi connectivity index (χ0n) is 11.2. The van der Waals surface area contributed by atoms with Gasteiger partial charge in [-0.3, -0.25) is 9.69 Å². The van der Waals surface area contributed by atoms with E-state index < -0.39 is 0 Å². The molecule has 1 aliphatic rings. The van der Waals surface area contributed by atoms with Crippen molar-refractivity contribution in [1.82, 2.24) is 4.90 Å². The van der Waals surface area contributed by atoms with Gasteiger partial charge in [0.25, 0.3) is 0 Å². The Kier molecular flexibility index (Phi) is 4.82. The van der Waals surface area contributed by atoms with E-state index in [1.54, 1.807) is 12.1 Å². The summed E-state index contributed by atoms with van der Waals surface area (Å²) in [6.45, 7) is 1.43. The zero-order valence-corrected chi connectivity index (χ0v) is 12.7. The average Bonchev–Trinajstić information content (AvgIpc) is 2.27. The summed E-state index contributed by atoms with van der Waals surface area (Å²) in [5.74, 6) is 0.786. The van der Waals surface area contributed by atoms with Crippen LogP contribution in [-0.4, -0.2) is 30.9 Å². The number of hydrogen-bond donors (Lipinski definition) is 2. The summed E-state index contributed by atoms with van der Waals surface area (Å²) < 4.78 is 0.808. The smallest absolute Gasteiger partial charge is 0.238 e. The van der Waals surface area contributed by atoms with Crippen molar-refractivity contribution in [3.05, 3.63) is 22.7 Å². The lowest BCUT2D eigenvalue weighted by Gasteiger charge is -2.29. The third-order valence-electron chi connectivity index (χ3n) is 3.48. The number of amides is 1. The summed E-state index contributed by atoms with van der Waals surface area (Å²) in [6, 6.07) is 5.37. The first-order valence-electron chi connectivity index (χ1n) is 6.58. The summed E-state index contributed by atoms with van der Waals surface area (Å²) in [7, 11) is 2.00.